The molecule has 0 atom stereocenters. The van der Waals surface area contributed by atoms with Crippen LogP contribution in [0.15, 0.2) is 59.5 Å². The lowest BCUT2D eigenvalue weighted by atomic mass is 9.86. The molecule has 0 unspecified atom stereocenters. The Morgan fingerprint density at radius 2 is 1.49 bits per heavy atom. The number of carbonyl (C=O) groups is 2. The van der Waals surface area contributed by atoms with Gasteiger partial charge in [-0.25, -0.2) is 8.42 Å². The predicted molar refractivity (Wildman–Crippen MR) is 152 cm³/mol. The molecule has 9 heteroatoms. The molecule has 3 saturated heterocycles. The van der Waals surface area contributed by atoms with Crippen LogP contribution in [0.25, 0.3) is 0 Å². The quantitative estimate of drug-likeness (QED) is 0.563. The maximum absolute atomic E-state index is 14.0. The van der Waals surface area contributed by atoms with E-state index in [1.54, 1.807) is 17.0 Å². The number of piperidine rings is 2. The zero-order chi connectivity index (χ0) is 27.8. The van der Waals surface area contributed by atoms with E-state index in [2.05, 4.69) is 25.7 Å². The minimum Gasteiger partial charge on any atom is -0.341 e. The van der Waals surface area contributed by atoms with E-state index < -0.39 is 15.6 Å². The fourth-order valence-electron chi connectivity index (χ4n) is 6.10. The molecule has 39 heavy (non-hydrogen) atoms. The van der Waals surface area contributed by atoms with E-state index in [1.165, 1.54) is 4.31 Å². The number of para-hydroxylation sites is 1. The van der Waals surface area contributed by atoms with Gasteiger partial charge in [-0.15, -0.1) is 0 Å². The number of rotatable bonds is 5. The Labute approximate surface area is 232 Å². The summed E-state index contributed by atoms with van der Waals surface area (Å²) in [4.78, 5) is 32.9. The molecule has 0 saturated carbocycles. The molecule has 2 amide bonds. The third-order valence-corrected chi connectivity index (χ3v) is 10.4. The first-order valence-corrected chi connectivity index (χ1v) is 15.5. The van der Waals surface area contributed by atoms with E-state index in [1.807, 2.05) is 47.4 Å². The van der Waals surface area contributed by atoms with Crippen LogP contribution in [-0.4, -0.2) is 79.3 Å². The van der Waals surface area contributed by atoms with Crippen molar-refractivity contribution in [1.29, 1.82) is 0 Å². The normalized spacial score (nSPS) is 20.6. The molecule has 2 aromatic rings. The van der Waals surface area contributed by atoms with E-state index >= 15 is 0 Å². The van der Waals surface area contributed by atoms with E-state index in [0.717, 1.165) is 43.6 Å². The zero-order valence-electron chi connectivity index (χ0n) is 23.3. The van der Waals surface area contributed by atoms with Gasteiger partial charge in [-0.1, -0.05) is 51.1 Å². The first-order chi connectivity index (χ1) is 18.5. The van der Waals surface area contributed by atoms with Gasteiger partial charge < -0.3 is 14.7 Å². The number of carbonyl (C=O) groups excluding carboxylic acids is 2. The number of amides is 2. The molecule has 0 aromatic heterocycles. The molecular weight excluding hydrogens is 512 g/mol. The fourth-order valence-corrected chi connectivity index (χ4v) is 7.54. The monoisotopic (exact) mass is 552 g/mol. The van der Waals surface area contributed by atoms with E-state index in [4.69, 9.17) is 0 Å². The molecule has 0 radical (unpaired) electrons. The van der Waals surface area contributed by atoms with Gasteiger partial charge in [0.05, 0.1) is 11.6 Å². The number of hydrogen-bond donors (Lipinski definition) is 0. The van der Waals surface area contributed by atoms with Gasteiger partial charge in [-0.3, -0.25) is 9.59 Å². The van der Waals surface area contributed by atoms with Crippen molar-refractivity contribution in [3.05, 3.63) is 60.2 Å². The van der Waals surface area contributed by atoms with Crippen LogP contribution in [0.5, 0.6) is 0 Å². The highest BCUT2D eigenvalue weighted by molar-refractivity contribution is 7.89. The summed E-state index contributed by atoms with van der Waals surface area (Å²) in [6.07, 6.45) is 3.88. The number of hydrogen-bond acceptors (Lipinski definition) is 5. The van der Waals surface area contributed by atoms with Gasteiger partial charge in [-0.2, -0.15) is 4.31 Å². The standard InChI is InChI=1S/C30H40N4O4S/c1-29(2,3)24-12-14-26(15-13-24)39(37,38)33-20-16-30(17-21-33)28(36)32(22-27(35)31-18-8-5-9-19-31)23-34(30)25-10-6-4-7-11-25/h4,6-7,10-15H,5,8-9,16-23H2,1-3H3. The molecule has 3 aliphatic rings. The van der Waals surface area contributed by atoms with Crippen LogP contribution in [0, 0.1) is 0 Å². The number of likely N-dealkylation sites (tertiary alicyclic amines) is 1. The van der Waals surface area contributed by atoms with E-state index in [0.29, 0.717) is 19.5 Å². The summed E-state index contributed by atoms with van der Waals surface area (Å²) < 4.78 is 28.6. The molecule has 5 rings (SSSR count). The van der Waals surface area contributed by atoms with Crippen LogP contribution < -0.4 is 4.90 Å². The van der Waals surface area contributed by atoms with Crippen molar-refractivity contribution in [2.75, 3.05) is 44.3 Å². The molecule has 3 fully saturated rings. The van der Waals surface area contributed by atoms with Crippen molar-refractivity contribution in [1.82, 2.24) is 14.1 Å². The van der Waals surface area contributed by atoms with Crippen LogP contribution in [-0.2, 0) is 25.0 Å². The third kappa shape index (κ3) is 5.31. The maximum Gasteiger partial charge on any atom is 0.250 e. The van der Waals surface area contributed by atoms with Crippen molar-refractivity contribution >= 4 is 27.5 Å². The molecule has 3 aliphatic heterocycles. The molecule has 0 N–H and O–H groups in total. The Morgan fingerprint density at radius 3 is 2.08 bits per heavy atom. The lowest BCUT2D eigenvalue weighted by molar-refractivity contribution is -0.141. The predicted octanol–water partition coefficient (Wildman–Crippen LogP) is 3.83. The summed E-state index contributed by atoms with van der Waals surface area (Å²) in [5.41, 5.74) is 1.05. The minimum absolute atomic E-state index is 0.00757. The summed E-state index contributed by atoms with van der Waals surface area (Å²) in [5, 5.41) is 0. The molecule has 0 bridgehead atoms. The molecule has 2 aromatic carbocycles. The van der Waals surface area contributed by atoms with Crippen LogP contribution in [0.2, 0.25) is 0 Å². The Bertz CT molecular complexity index is 1290. The van der Waals surface area contributed by atoms with Crippen molar-refractivity contribution < 1.29 is 18.0 Å². The molecular formula is C30H40N4O4S. The van der Waals surface area contributed by atoms with Crippen LogP contribution in [0.1, 0.15) is 58.4 Å². The number of sulfonamides is 1. The Kier molecular flexibility index (Phi) is 7.50. The van der Waals surface area contributed by atoms with Crippen LogP contribution in [0.4, 0.5) is 5.69 Å². The Morgan fingerprint density at radius 1 is 0.872 bits per heavy atom. The van der Waals surface area contributed by atoms with Crippen molar-refractivity contribution in [3.63, 3.8) is 0 Å². The molecule has 1 spiro atoms. The third-order valence-electron chi connectivity index (χ3n) is 8.52. The van der Waals surface area contributed by atoms with E-state index in [-0.39, 0.29) is 41.8 Å². The van der Waals surface area contributed by atoms with Gasteiger partial charge >= 0.3 is 0 Å². The van der Waals surface area contributed by atoms with Gasteiger partial charge in [0.1, 0.15) is 12.1 Å². The minimum atomic E-state index is -3.69. The number of benzene rings is 2. The number of anilines is 1. The first-order valence-electron chi connectivity index (χ1n) is 14.0. The topological polar surface area (TPSA) is 81.2 Å². The maximum atomic E-state index is 14.0. The van der Waals surface area contributed by atoms with Crippen molar-refractivity contribution in [2.45, 2.75) is 68.7 Å². The second kappa shape index (κ2) is 10.6. The fraction of sp³-hybridized carbons (Fsp3) is 0.533. The smallest absolute Gasteiger partial charge is 0.250 e. The molecule has 0 aliphatic carbocycles. The lowest BCUT2D eigenvalue weighted by Gasteiger charge is -2.42. The highest BCUT2D eigenvalue weighted by atomic mass is 32.2. The van der Waals surface area contributed by atoms with E-state index in [9.17, 15) is 18.0 Å². The number of nitrogens with zero attached hydrogens (tertiary/aromatic N) is 4. The summed E-state index contributed by atoms with van der Waals surface area (Å²) in [6.45, 7) is 8.66. The average molecular weight is 553 g/mol. The van der Waals surface area contributed by atoms with Crippen LogP contribution >= 0.6 is 0 Å². The second-order valence-corrected chi connectivity index (χ2v) is 14.0. The summed E-state index contributed by atoms with van der Waals surface area (Å²) >= 11 is 0. The van der Waals surface area contributed by atoms with Crippen LogP contribution in [0.3, 0.4) is 0 Å². The summed E-state index contributed by atoms with van der Waals surface area (Å²) in [6, 6.07) is 16.9. The van der Waals surface area contributed by atoms with Gasteiger partial charge in [0.25, 0.3) is 0 Å². The van der Waals surface area contributed by atoms with Gasteiger partial charge in [0, 0.05) is 31.9 Å². The Balaban J connectivity index is 1.35. The zero-order valence-corrected chi connectivity index (χ0v) is 24.1. The lowest BCUT2D eigenvalue weighted by Crippen LogP contribution is -2.57. The van der Waals surface area contributed by atoms with Crippen molar-refractivity contribution in [2.24, 2.45) is 0 Å². The van der Waals surface area contributed by atoms with Crippen molar-refractivity contribution in [3.8, 4) is 0 Å². The highest BCUT2D eigenvalue weighted by Gasteiger charge is 2.55. The van der Waals surface area contributed by atoms with Gasteiger partial charge in [0.2, 0.25) is 21.8 Å². The highest BCUT2D eigenvalue weighted by Crippen LogP contribution is 2.40. The molecule has 3 heterocycles. The SMILES string of the molecule is CC(C)(C)c1ccc(S(=O)(=O)N2CCC3(CC2)C(=O)N(CC(=O)N2CCCCC2)CN3c2ccccc2)cc1. The van der Waals surface area contributed by atoms with Gasteiger partial charge in [0.15, 0.2) is 0 Å². The average Bonchev–Trinajstić information content (AvgIpc) is 3.20. The first kappa shape index (κ1) is 27.6. The van der Waals surface area contributed by atoms with Gasteiger partial charge in [-0.05, 0) is 67.3 Å². The second-order valence-electron chi connectivity index (χ2n) is 12.1. The molecule has 8 nitrogen and oxygen atoms in total. The largest absolute Gasteiger partial charge is 0.341 e. The molecule has 210 valence electrons. The summed E-state index contributed by atoms with van der Waals surface area (Å²) in [7, 11) is -3.69. The Hall–Kier alpha value is -2.91. The summed E-state index contributed by atoms with van der Waals surface area (Å²) in [5.74, 6) is -0.0879.